The van der Waals surface area contributed by atoms with E-state index in [1.54, 1.807) is 0 Å². The minimum atomic E-state index is -2.62. The number of hydrogen-bond acceptors (Lipinski definition) is 3. The maximum Gasteiger partial charge on any atom is 0.316 e. The third-order valence-corrected chi connectivity index (χ3v) is 0.774. The molecule has 5 heteroatoms. The molecular formula is C3H10NO3P. The van der Waals surface area contributed by atoms with Gasteiger partial charge in [0.25, 0.3) is 0 Å². The second-order valence-electron chi connectivity index (χ2n) is 1.22. The average Bonchev–Trinajstić information content (AvgIpc) is 2.48. The third-order valence-electron chi connectivity index (χ3n) is 0.425. The Hall–Kier alpha value is 0.110. The van der Waals surface area contributed by atoms with Crippen LogP contribution in [0.25, 0.3) is 0 Å². The first-order valence-electron chi connectivity index (χ1n) is 2.25. The highest BCUT2D eigenvalue weighted by molar-refractivity contribution is 7.32. The van der Waals surface area contributed by atoms with Crippen molar-refractivity contribution in [3.63, 3.8) is 0 Å². The fourth-order valence-electron chi connectivity index (χ4n) is 0. The van der Waals surface area contributed by atoms with Crippen molar-refractivity contribution in [3.8, 4) is 0 Å². The van der Waals surface area contributed by atoms with E-state index in [0.29, 0.717) is 0 Å². The zero-order chi connectivity index (χ0) is 6.41. The Morgan fingerprint density at radius 3 is 2.00 bits per heavy atom. The predicted octanol–water partition coefficient (Wildman–Crippen LogP) is -0.396. The highest BCUT2D eigenvalue weighted by atomic mass is 31.1. The summed E-state index contributed by atoms with van der Waals surface area (Å²) in [6.07, 6.45) is 0. The van der Waals surface area contributed by atoms with Crippen LogP contribution in [0.1, 0.15) is 0 Å². The minimum absolute atomic E-state index is 1.18. The number of nitrogens with one attached hydrogen (secondary N) is 1. The van der Waals surface area contributed by atoms with Gasteiger partial charge in [-0.25, -0.2) is 0 Å². The Bertz CT molecular complexity index is 72.2. The first-order valence-corrected chi connectivity index (χ1v) is 3.51. The average molecular weight is 139 g/mol. The van der Waals surface area contributed by atoms with Gasteiger partial charge in [0.1, 0.15) is 0 Å². The van der Waals surface area contributed by atoms with Gasteiger partial charge in [-0.05, 0) is 0 Å². The van der Waals surface area contributed by atoms with Crippen molar-refractivity contribution < 1.29 is 14.0 Å². The van der Waals surface area contributed by atoms with Gasteiger partial charge in [0.15, 0.2) is 0 Å². The largest absolute Gasteiger partial charge is 0.326 e. The maximum absolute atomic E-state index is 9.33. The molecule has 0 amide bonds. The summed E-state index contributed by atoms with van der Waals surface area (Å²) in [6, 6.07) is 0. The highest BCUT2D eigenvalue weighted by Gasteiger charge is 1.91. The van der Waals surface area contributed by atoms with Gasteiger partial charge in [0, 0.05) is 20.2 Å². The fourth-order valence-corrected chi connectivity index (χ4v) is 0. The Morgan fingerprint density at radius 1 is 1.75 bits per heavy atom. The molecule has 0 radical (unpaired) electrons. The van der Waals surface area contributed by atoms with Crippen LogP contribution in [0.4, 0.5) is 0 Å². The topological polar surface area (TPSA) is 68.5 Å². The van der Waals surface area contributed by atoms with Gasteiger partial charge < -0.3 is 14.7 Å². The van der Waals surface area contributed by atoms with Crippen molar-refractivity contribution in [2.24, 2.45) is 0 Å². The molecule has 8 heavy (non-hydrogen) atoms. The van der Waals surface area contributed by atoms with Gasteiger partial charge >= 0.3 is 8.25 Å². The molecule has 1 saturated heterocycles. The first-order chi connectivity index (χ1) is 3.77. The van der Waals surface area contributed by atoms with Crippen LogP contribution in [0.2, 0.25) is 0 Å². The van der Waals surface area contributed by atoms with Crippen molar-refractivity contribution >= 4 is 8.25 Å². The lowest BCUT2D eigenvalue weighted by atomic mass is 11.0. The van der Waals surface area contributed by atoms with E-state index in [9.17, 15) is 4.57 Å². The van der Waals surface area contributed by atoms with E-state index < -0.39 is 8.25 Å². The van der Waals surface area contributed by atoms with E-state index in [-0.39, 0.29) is 0 Å². The Balaban J connectivity index is 0.000000135. The summed E-state index contributed by atoms with van der Waals surface area (Å²) in [5.74, 6) is 0. The van der Waals surface area contributed by atoms with Gasteiger partial charge in [0.05, 0.1) is 0 Å². The van der Waals surface area contributed by atoms with E-state index in [1.807, 2.05) is 0 Å². The molecule has 1 atom stereocenters. The SMILES string of the molecule is C1CN1.CO[PH](=O)O. The van der Waals surface area contributed by atoms with Gasteiger partial charge in [0.2, 0.25) is 0 Å². The monoisotopic (exact) mass is 139 g/mol. The molecule has 1 aliphatic rings. The zero-order valence-electron chi connectivity index (χ0n) is 4.68. The quantitative estimate of drug-likeness (QED) is 0.383. The van der Waals surface area contributed by atoms with Crippen LogP contribution in [0.3, 0.4) is 0 Å². The van der Waals surface area contributed by atoms with Gasteiger partial charge in [-0.2, -0.15) is 0 Å². The lowest BCUT2D eigenvalue weighted by molar-refractivity contribution is 0.343. The lowest BCUT2D eigenvalue weighted by Crippen LogP contribution is -1.57. The van der Waals surface area contributed by atoms with Crippen molar-refractivity contribution in [3.05, 3.63) is 0 Å². The van der Waals surface area contributed by atoms with Crippen molar-refractivity contribution in [1.29, 1.82) is 0 Å². The molecule has 0 aliphatic carbocycles. The molecule has 4 nitrogen and oxygen atoms in total. The molecule has 1 rings (SSSR count). The molecular weight excluding hydrogens is 129 g/mol. The summed E-state index contributed by atoms with van der Waals surface area (Å²) in [5.41, 5.74) is 0. The van der Waals surface area contributed by atoms with Gasteiger partial charge in [-0.15, -0.1) is 0 Å². The molecule has 0 saturated carbocycles. The van der Waals surface area contributed by atoms with E-state index in [0.717, 1.165) is 0 Å². The third kappa shape index (κ3) is 16.5. The molecule has 0 spiro atoms. The van der Waals surface area contributed by atoms with E-state index >= 15 is 0 Å². The van der Waals surface area contributed by atoms with Crippen LogP contribution in [0.5, 0.6) is 0 Å². The van der Waals surface area contributed by atoms with Crippen LogP contribution in [-0.2, 0) is 9.09 Å². The molecule has 2 N–H and O–H groups in total. The van der Waals surface area contributed by atoms with E-state index in [4.69, 9.17) is 4.89 Å². The predicted molar refractivity (Wildman–Crippen MR) is 31.1 cm³/mol. The van der Waals surface area contributed by atoms with Crippen molar-refractivity contribution in [2.45, 2.75) is 0 Å². The van der Waals surface area contributed by atoms with Crippen molar-refractivity contribution in [2.75, 3.05) is 20.2 Å². The van der Waals surface area contributed by atoms with Crippen LogP contribution >= 0.6 is 8.25 Å². The second kappa shape index (κ2) is 5.25. The van der Waals surface area contributed by atoms with Crippen LogP contribution in [-0.4, -0.2) is 25.1 Å². The molecule has 1 aliphatic heterocycles. The number of hydrogen-bond donors (Lipinski definition) is 2. The minimum Gasteiger partial charge on any atom is -0.326 e. The lowest BCUT2D eigenvalue weighted by Gasteiger charge is -1.78. The zero-order valence-corrected chi connectivity index (χ0v) is 5.68. The molecule has 1 unspecified atom stereocenters. The molecule has 50 valence electrons. The van der Waals surface area contributed by atoms with Gasteiger partial charge in [-0.3, -0.25) is 4.57 Å². The molecule has 0 aromatic rings. The molecule has 1 heterocycles. The van der Waals surface area contributed by atoms with Gasteiger partial charge in [-0.1, -0.05) is 0 Å². The summed E-state index contributed by atoms with van der Waals surface area (Å²) < 4.78 is 13.2. The molecule has 0 aromatic carbocycles. The van der Waals surface area contributed by atoms with E-state index in [2.05, 4.69) is 9.84 Å². The summed E-state index contributed by atoms with van der Waals surface area (Å²) in [6.45, 7) is 2.50. The van der Waals surface area contributed by atoms with Crippen LogP contribution in [0.15, 0.2) is 0 Å². The summed E-state index contributed by atoms with van der Waals surface area (Å²) in [4.78, 5) is 7.69. The molecule has 0 aromatic heterocycles. The normalized spacial score (nSPS) is 18.2. The van der Waals surface area contributed by atoms with Crippen LogP contribution in [0, 0.1) is 0 Å². The summed E-state index contributed by atoms with van der Waals surface area (Å²) in [7, 11) is -1.44. The summed E-state index contributed by atoms with van der Waals surface area (Å²) >= 11 is 0. The Labute approximate surface area is 48.8 Å². The first kappa shape index (κ1) is 8.11. The number of rotatable bonds is 1. The second-order valence-corrected chi connectivity index (χ2v) is 2.16. The summed E-state index contributed by atoms with van der Waals surface area (Å²) in [5, 5.41) is 3.00. The van der Waals surface area contributed by atoms with Crippen LogP contribution < -0.4 is 5.32 Å². The standard InChI is InChI=1S/C2H5N.CH5O3P/c1-2-3-1;1-4-5(2)3/h3H,1-2H2;5H,1H3,(H,2,3). The fraction of sp³-hybridized carbons (Fsp3) is 1.00. The smallest absolute Gasteiger partial charge is 0.316 e. The molecule has 0 bridgehead atoms. The Morgan fingerprint density at radius 2 is 2.00 bits per heavy atom. The highest BCUT2D eigenvalue weighted by Crippen LogP contribution is 2.09. The van der Waals surface area contributed by atoms with Crippen molar-refractivity contribution in [1.82, 2.24) is 5.32 Å². The molecule has 1 fully saturated rings. The Kier molecular flexibility index (Phi) is 5.32. The maximum atomic E-state index is 9.33. The van der Waals surface area contributed by atoms with E-state index in [1.165, 1.54) is 20.2 Å².